The lowest BCUT2D eigenvalue weighted by Crippen LogP contribution is -2.05. The number of nitrogens with one attached hydrogen (secondary N) is 1. The fourth-order valence-corrected chi connectivity index (χ4v) is 4.27. The van der Waals surface area contributed by atoms with Crippen LogP contribution in [0.2, 0.25) is 0 Å². The van der Waals surface area contributed by atoms with Gasteiger partial charge in [0.1, 0.15) is 0 Å². The Morgan fingerprint density at radius 3 is 2.19 bits per heavy atom. The molecule has 5 aromatic rings. The first-order chi connectivity index (χ1) is 17.6. The van der Waals surface area contributed by atoms with Crippen LogP contribution in [0.15, 0.2) is 108 Å². The van der Waals surface area contributed by atoms with Gasteiger partial charge in [0.15, 0.2) is 5.88 Å². The number of carbonyl (C=O) groups excluding carboxylic acids is 1. The molecule has 0 saturated heterocycles. The summed E-state index contributed by atoms with van der Waals surface area (Å²) < 4.78 is 5.12. The smallest absolute Gasteiger partial charge is 0.338 e. The largest absolute Gasteiger partial charge is 0.494 e. The molecule has 5 rings (SSSR count). The Kier molecular flexibility index (Phi) is 6.63. The van der Waals surface area contributed by atoms with Crippen LogP contribution in [0.4, 0.5) is 5.69 Å². The van der Waals surface area contributed by atoms with E-state index in [9.17, 15) is 9.90 Å². The summed E-state index contributed by atoms with van der Waals surface area (Å²) in [6.07, 6.45) is 0.850. The van der Waals surface area contributed by atoms with Gasteiger partial charge in [0, 0.05) is 16.5 Å². The molecular weight excluding hydrogens is 448 g/mol. The average molecular weight is 475 g/mol. The van der Waals surface area contributed by atoms with E-state index in [-0.39, 0.29) is 5.88 Å². The number of hydrogen-bond donors (Lipinski definition) is 2. The van der Waals surface area contributed by atoms with Crippen molar-refractivity contribution >= 4 is 28.3 Å². The zero-order chi connectivity index (χ0) is 24.9. The minimum atomic E-state index is -0.400. The van der Waals surface area contributed by atoms with E-state index in [1.165, 1.54) is 11.1 Å². The molecule has 0 amide bonds. The molecule has 1 heterocycles. The average Bonchev–Trinajstić information content (AvgIpc) is 3.24. The number of carbonyl (C=O) groups is 1. The number of aromatic nitrogens is 1. The van der Waals surface area contributed by atoms with E-state index in [2.05, 4.69) is 29.2 Å². The van der Waals surface area contributed by atoms with Gasteiger partial charge in [-0.1, -0.05) is 78.9 Å². The van der Waals surface area contributed by atoms with Gasteiger partial charge in [-0.3, -0.25) is 0 Å². The van der Waals surface area contributed by atoms with Crippen LogP contribution < -0.4 is 0 Å². The number of H-pyrrole nitrogens is 1. The van der Waals surface area contributed by atoms with Crippen molar-refractivity contribution in [2.24, 2.45) is 4.99 Å². The van der Waals surface area contributed by atoms with E-state index in [4.69, 9.17) is 9.73 Å². The van der Waals surface area contributed by atoms with Crippen LogP contribution in [0.1, 0.15) is 39.5 Å². The summed E-state index contributed by atoms with van der Waals surface area (Å²) in [6.45, 7) is 2.07. The molecule has 178 valence electrons. The predicted molar refractivity (Wildman–Crippen MR) is 143 cm³/mol. The summed E-state index contributed by atoms with van der Waals surface area (Å²) in [5, 5.41) is 11.7. The summed E-state index contributed by atoms with van der Waals surface area (Å²) in [7, 11) is 0. The van der Waals surface area contributed by atoms with Crippen molar-refractivity contribution in [1.29, 1.82) is 0 Å². The highest BCUT2D eigenvalue weighted by atomic mass is 16.5. The van der Waals surface area contributed by atoms with Gasteiger partial charge in [0.25, 0.3) is 0 Å². The maximum atomic E-state index is 12.2. The monoisotopic (exact) mass is 474 g/mol. The first-order valence-electron chi connectivity index (χ1n) is 11.9. The molecule has 0 atom stereocenters. The summed E-state index contributed by atoms with van der Waals surface area (Å²) in [5.74, 6) is -0.406. The molecule has 36 heavy (non-hydrogen) atoms. The fraction of sp³-hybridized carbons (Fsp3) is 0.0968. The lowest BCUT2D eigenvalue weighted by molar-refractivity contribution is 0.0526. The summed E-state index contributed by atoms with van der Waals surface area (Å²) in [5.41, 5.74) is 6.38. The van der Waals surface area contributed by atoms with Gasteiger partial charge in [0.05, 0.1) is 29.1 Å². The third-order valence-electron chi connectivity index (χ3n) is 6.00. The second-order valence-electron chi connectivity index (χ2n) is 8.48. The number of aromatic amines is 1. The van der Waals surface area contributed by atoms with Crippen molar-refractivity contribution in [3.8, 4) is 5.88 Å². The van der Waals surface area contributed by atoms with Crippen LogP contribution in [0.5, 0.6) is 5.88 Å². The maximum absolute atomic E-state index is 12.2. The van der Waals surface area contributed by atoms with Crippen LogP contribution in [0.3, 0.4) is 0 Å². The van der Waals surface area contributed by atoms with Crippen LogP contribution in [0.25, 0.3) is 10.9 Å². The molecular formula is C31H26N2O3. The van der Waals surface area contributed by atoms with E-state index >= 15 is 0 Å². The number of rotatable bonds is 7. The number of aliphatic imine (C=N–C) groups is 1. The Labute approximate surface area is 209 Å². The fourth-order valence-electron chi connectivity index (χ4n) is 4.27. The molecule has 5 nitrogen and oxygen atoms in total. The zero-order valence-electron chi connectivity index (χ0n) is 19.9. The highest BCUT2D eigenvalue weighted by Crippen LogP contribution is 2.32. The van der Waals surface area contributed by atoms with Gasteiger partial charge in [0.2, 0.25) is 0 Å². The second kappa shape index (κ2) is 10.3. The Morgan fingerprint density at radius 1 is 0.833 bits per heavy atom. The van der Waals surface area contributed by atoms with Crippen LogP contribution >= 0.6 is 0 Å². The molecule has 0 bridgehead atoms. The number of fused-ring (bicyclic) bond motifs is 1. The zero-order valence-corrected chi connectivity index (χ0v) is 19.9. The number of aromatic hydroxyl groups is 1. The molecule has 0 saturated carbocycles. The van der Waals surface area contributed by atoms with E-state index in [0.717, 1.165) is 23.1 Å². The van der Waals surface area contributed by atoms with Gasteiger partial charge in [-0.05, 0) is 48.7 Å². The van der Waals surface area contributed by atoms with E-state index in [1.54, 1.807) is 19.1 Å². The molecule has 0 fully saturated rings. The van der Waals surface area contributed by atoms with Gasteiger partial charge >= 0.3 is 5.97 Å². The molecule has 0 unspecified atom stereocenters. The predicted octanol–water partition coefficient (Wildman–Crippen LogP) is 6.81. The van der Waals surface area contributed by atoms with Crippen molar-refractivity contribution in [2.75, 3.05) is 6.61 Å². The third kappa shape index (κ3) is 4.91. The van der Waals surface area contributed by atoms with Crippen molar-refractivity contribution in [2.45, 2.75) is 13.3 Å². The lowest BCUT2D eigenvalue weighted by Gasteiger charge is -2.09. The Balaban J connectivity index is 1.55. The molecule has 0 aliphatic heterocycles. The number of hydrogen-bond acceptors (Lipinski definition) is 4. The molecule has 5 heteroatoms. The van der Waals surface area contributed by atoms with Gasteiger partial charge in [-0.15, -0.1) is 0 Å². The summed E-state index contributed by atoms with van der Waals surface area (Å²) in [4.78, 5) is 20.2. The first-order valence-corrected chi connectivity index (χ1v) is 11.9. The Hall–Kier alpha value is -4.64. The maximum Gasteiger partial charge on any atom is 0.338 e. The number of esters is 1. The third-order valence-corrected chi connectivity index (χ3v) is 6.00. The lowest BCUT2D eigenvalue weighted by atomic mass is 10.00. The number of nitrogens with zero attached hydrogens (tertiary/aromatic N) is 1. The normalized spacial score (nSPS) is 11.5. The highest BCUT2D eigenvalue weighted by Gasteiger charge is 2.20. The van der Waals surface area contributed by atoms with Crippen LogP contribution in [-0.4, -0.2) is 28.4 Å². The van der Waals surface area contributed by atoms with Crippen molar-refractivity contribution in [1.82, 2.24) is 4.98 Å². The number of benzene rings is 4. The Morgan fingerprint density at radius 2 is 1.50 bits per heavy atom. The topological polar surface area (TPSA) is 74.7 Å². The Bertz CT molecular complexity index is 1520. The summed E-state index contributed by atoms with van der Waals surface area (Å²) in [6, 6.07) is 33.5. The molecule has 2 N–H and O–H groups in total. The SMILES string of the molecule is CCOC(=O)c1ccc2c(C(=Nc3ccc(Cc4ccccc4)cc3)c3ccccc3)c(O)[nH]c2c1. The van der Waals surface area contributed by atoms with E-state index in [0.29, 0.717) is 29.0 Å². The molecule has 0 radical (unpaired) electrons. The molecule has 0 spiro atoms. The van der Waals surface area contributed by atoms with E-state index in [1.807, 2.05) is 66.7 Å². The van der Waals surface area contributed by atoms with Crippen molar-refractivity contribution < 1.29 is 14.6 Å². The van der Waals surface area contributed by atoms with Gasteiger partial charge < -0.3 is 14.8 Å². The van der Waals surface area contributed by atoms with Crippen LogP contribution in [0, 0.1) is 0 Å². The molecule has 0 aliphatic carbocycles. The second-order valence-corrected chi connectivity index (χ2v) is 8.48. The van der Waals surface area contributed by atoms with Gasteiger partial charge in [-0.25, -0.2) is 9.79 Å². The van der Waals surface area contributed by atoms with Crippen LogP contribution in [-0.2, 0) is 11.2 Å². The first kappa shape index (κ1) is 23.1. The molecule has 0 aliphatic rings. The minimum Gasteiger partial charge on any atom is -0.494 e. The van der Waals surface area contributed by atoms with Gasteiger partial charge in [-0.2, -0.15) is 0 Å². The highest BCUT2D eigenvalue weighted by molar-refractivity contribution is 6.22. The minimum absolute atomic E-state index is 0.00527. The molecule has 1 aromatic heterocycles. The summed E-state index contributed by atoms with van der Waals surface area (Å²) >= 11 is 0. The molecule has 4 aromatic carbocycles. The van der Waals surface area contributed by atoms with Crippen molar-refractivity contribution in [3.05, 3.63) is 131 Å². The van der Waals surface area contributed by atoms with Crippen molar-refractivity contribution in [3.63, 3.8) is 0 Å². The standard InChI is InChI=1S/C31H26N2O3/c1-2-36-31(35)24-15-18-26-27(20-24)33-30(34)28(26)29(23-11-7-4-8-12-23)32-25-16-13-22(14-17-25)19-21-9-5-3-6-10-21/h3-18,20,33-34H,2,19H2,1H3. The quantitative estimate of drug-likeness (QED) is 0.201. The number of ether oxygens (including phenoxy) is 1. The van der Waals surface area contributed by atoms with E-state index < -0.39 is 5.97 Å².